The van der Waals surface area contributed by atoms with Crippen LogP contribution < -0.4 is 0 Å². The molecule has 2 atom stereocenters. The van der Waals surface area contributed by atoms with Crippen LogP contribution in [0.15, 0.2) is 70.6 Å². The molecule has 0 spiro atoms. The Morgan fingerprint density at radius 2 is 1.17 bits per heavy atom. The van der Waals surface area contributed by atoms with Crippen molar-refractivity contribution in [3.8, 4) is 0 Å². The molecule has 2 unspecified atom stereocenters. The molecule has 2 aromatic carbocycles. The minimum atomic E-state index is 0.0740. The van der Waals surface area contributed by atoms with Crippen LogP contribution in [0.5, 0.6) is 0 Å². The van der Waals surface area contributed by atoms with Gasteiger partial charge >= 0.3 is 0 Å². The Morgan fingerprint density at radius 1 is 0.750 bits per heavy atom. The van der Waals surface area contributed by atoms with Crippen molar-refractivity contribution in [3.63, 3.8) is 0 Å². The van der Waals surface area contributed by atoms with Crippen LogP contribution >= 0.6 is 0 Å². The van der Waals surface area contributed by atoms with Crippen LogP contribution in [0.1, 0.15) is 33.1 Å². The smallest absolute Gasteiger partial charge is 0.0962 e. The number of hydrogen-bond donors (Lipinski definition) is 0. The van der Waals surface area contributed by atoms with Gasteiger partial charge < -0.3 is 4.74 Å². The van der Waals surface area contributed by atoms with Crippen molar-refractivity contribution in [1.82, 2.24) is 0 Å². The second-order valence-corrected chi connectivity index (χ2v) is 6.22. The number of rotatable bonds is 4. The second-order valence-electron chi connectivity index (χ2n) is 6.22. The molecule has 1 fully saturated rings. The van der Waals surface area contributed by atoms with Gasteiger partial charge in [0.25, 0.3) is 0 Å². The highest BCUT2D eigenvalue weighted by atomic mass is 16.5. The molecule has 0 bridgehead atoms. The Hall–Kier alpha value is -2.26. The molecule has 3 rings (SSSR count). The molecular weight excluding hydrogens is 296 g/mol. The van der Waals surface area contributed by atoms with Gasteiger partial charge in [0, 0.05) is 11.4 Å². The summed E-state index contributed by atoms with van der Waals surface area (Å²) in [6, 6.07) is 20.1. The predicted molar refractivity (Wildman–Crippen MR) is 101 cm³/mol. The summed E-state index contributed by atoms with van der Waals surface area (Å²) < 4.78 is 6.29. The van der Waals surface area contributed by atoms with Gasteiger partial charge in [0.05, 0.1) is 23.6 Å². The highest BCUT2D eigenvalue weighted by Gasteiger charge is 2.26. The van der Waals surface area contributed by atoms with Crippen LogP contribution in [0.2, 0.25) is 0 Å². The summed E-state index contributed by atoms with van der Waals surface area (Å²) in [5.74, 6) is 0. The molecule has 0 saturated carbocycles. The Morgan fingerprint density at radius 3 is 1.58 bits per heavy atom. The Balaban J connectivity index is 1.70. The molecule has 1 aliphatic rings. The normalized spacial score (nSPS) is 22.4. The van der Waals surface area contributed by atoms with Gasteiger partial charge in [-0.2, -0.15) is 0 Å². The number of nitrogens with zero attached hydrogens (tertiary/aromatic N) is 2. The number of hydrogen-bond acceptors (Lipinski definition) is 3. The van der Waals surface area contributed by atoms with E-state index in [4.69, 9.17) is 14.7 Å². The van der Waals surface area contributed by atoms with E-state index in [1.54, 1.807) is 0 Å². The summed E-state index contributed by atoms with van der Waals surface area (Å²) in [6.07, 6.45) is 3.34. The quantitative estimate of drug-likeness (QED) is 0.684. The van der Waals surface area contributed by atoms with Crippen LogP contribution in [0.25, 0.3) is 0 Å². The first-order valence-electron chi connectivity index (χ1n) is 8.58. The third-order valence-electron chi connectivity index (χ3n) is 4.32. The lowest BCUT2D eigenvalue weighted by atomic mass is 9.99. The Bertz CT molecular complexity index is 646. The van der Waals surface area contributed by atoms with Gasteiger partial charge in [-0.3, -0.25) is 9.98 Å². The fraction of sp³-hybridized carbons (Fsp3) is 0.333. The lowest BCUT2D eigenvalue weighted by molar-refractivity contribution is 0.0230. The molecule has 1 saturated heterocycles. The zero-order valence-corrected chi connectivity index (χ0v) is 14.4. The second kappa shape index (κ2) is 8.02. The van der Waals surface area contributed by atoms with Crippen LogP contribution in [-0.2, 0) is 4.74 Å². The van der Waals surface area contributed by atoms with Crippen molar-refractivity contribution in [2.24, 2.45) is 9.98 Å². The van der Waals surface area contributed by atoms with E-state index in [-0.39, 0.29) is 12.2 Å². The van der Waals surface area contributed by atoms with Crippen LogP contribution in [0.3, 0.4) is 0 Å². The van der Waals surface area contributed by atoms with E-state index in [2.05, 4.69) is 13.8 Å². The van der Waals surface area contributed by atoms with Gasteiger partial charge in [-0.05, 0) is 57.4 Å². The minimum Gasteiger partial charge on any atom is -0.363 e. The standard InChI is InChI=1S/C21H24N2O/c1-16(22-18-10-5-3-6-11-18)20-14-9-15-21(24-20)17(2)23-19-12-7-4-8-13-19/h3-8,10-13,20-21H,9,14-15H2,1-2H3. The van der Waals surface area contributed by atoms with Crippen molar-refractivity contribution < 1.29 is 4.74 Å². The van der Waals surface area contributed by atoms with E-state index in [1.165, 1.54) is 0 Å². The third-order valence-corrected chi connectivity index (χ3v) is 4.32. The number of para-hydroxylation sites is 2. The predicted octanol–water partition coefficient (Wildman–Crippen LogP) is 5.51. The highest BCUT2D eigenvalue weighted by molar-refractivity contribution is 5.91. The van der Waals surface area contributed by atoms with Gasteiger partial charge in [0.2, 0.25) is 0 Å². The molecule has 3 nitrogen and oxygen atoms in total. The highest BCUT2D eigenvalue weighted by Crippen LogP contribution is 2.24. The first kappa shape index (κ1) is 16.6. The van der Waals surface area contributed by atoms with Gasteiger partial charge in [-0.15, -0.1) is 0 Å². The Kier molecular flexibility index (Phi) is 5.55. The average molecular weight is 320 g/mol. The van der Waals surface area contributed by atoms with E-state index in [1.807, 2.05) is 60.7 Å². The lowest BCUT2D eigenvalue weighted by Gasteiger charge is -2.30. The summed E-state index contributed by atoms with van der Waals surface area (Å²) in [6.45, 7) is 4.12. The maximum absolute atomic E-state index is 6.29. The van der Waals surface area contributed by atoms with E-state index in [0.29, 0.717) is 0 Å². The van der Waals surface area contributed by atoms with E-state index < -0.39 is 0 Å². The molecule has 1 heterocycles. The van der Waals surface area contributed by atoms with Crippen molar-refractivity contribution in [1.29, 1.82) is 0 Å². The molecule has 0 N–H and O–H groups in total. The molecule has 24 heavy (non-hydrogen) atoms. The SMILES string of the molecule is CC(=Nc1ccccc1)C1CCCC(C(C)=Nc2ccccc2)O1. The summed E-state index contributed by atoms with van der Waals surface area (Å²) in [4.78, 5) is 9.42. The molecule has 1 aliphatic heterocycles. The zero-order valence-electron chi connectivity index (χ0n) is 14.4. The van der Waals surface area contributed by atoms with Gasteiger partial charge in [0.1, 0.15) is 0 Å². The molecule has 124 valence electrons. The molecule has 0 amide bonds. The molecule has 0 aromatic heterocycles. The van der Waals surface area contributed by atoms with Crippen molar-refractivity contribution in [2.75, 3.05) is 0 Å². The first-order chi connectivity index (χ1) is 11.7. The van der Waals surface area contributed by atoms with Crippen LogP contribution in [0, 0.1) is 0 Å². The number of ether oxygens (including phenoxy) is 1. The summed E-state index contributed by atoms with van der Waals surface area (Å²) in [5.41, 5.74) is 4.04. The monoisotopic (exact) mass is 320 g/mol. The fourth-order valence-electron chi connectivity index (χ4n) is 2.99. The minimum absolute atomic E-state index is 0.0740. The molecular formula is C21H24N2O. The summed E-state index contributed by atoms with van der Waals surface area (Å²) in [7, 11) is 0. The molecule has 2 aromatic rings. The number of benzene rings is 2. The van der Waals surface area contributed by atoms with Crippen LogP contribution in [-0.4, -0.2) is 23.6 Å². The lowest BCUT2D eigenvalue weighted by Crippen LogP contribution is -2.36. The van der Waals surface area contributed by atoms with E-state index >= 15 is 0 Å². The van der Waals surface area contributed by atoms with Gasteiger partial charge in [-0.1, -0.05) is 36.4 Å². The maximum Gasteiger partial charge on any atom is 0.0962 e. The maximum atomic E-state index is 6.29. The van der Waals surface area contributed by atoms with Gasteiger partial charge in [0.15, 0.2) is 0 Å². The third kappa shape index (κ3) is 4.39. The van der Waals surface area contributed by atoms with Gasteiger partial charge in [-0.25, -0.2) is 0 Å². The van der Waals surface area contributed by atoms with E-state index in [0.717, 1.165) is 42.1 Å². The molecule has 0 radical (unpaired) electrons. The first-order valence-corrected chi connectivity index (χ1v) is 8.58. The Labute approximate surface area is 144 Å². The van der Waals surface area contributed by atoms with E-state index in [9.17, 15) is 0 Å². The fourth-order valence-corrected chi connectivity index (χ4v) is 2.99. The average Bonchev–Trinajstić information content (AvgIpc) is 2.63. The van der Waals surface area contributed by atoms with Crippen molar-refractivity contribution in [2.45, 2.75) is 45.3 Å². The largest absolute Gasteiger partial charge is 0.363 e. The van der Waals surface area contributed by atoms with Crippen molar-refractivity contribution in [3.05, 3.63) is 60.7 Å². The summed E-state index contributed by atoms with van der Waals surface area (Å²) >= 11 is 0. The summed E-state index contributed by atoms with van der Waals surface area (Å²) in [5, 5.41) is 0. The molecule has 3 heteroatoms. The zero-order chi connectivity index (χ0) is 16.8. The van der Waals surface area contributed by atoms with Crippen molar-refractivity contribution >= 4 is 22.8 Å². The number of aliphatic imine (C=N–C) groups is 2. The van der Waals surface area contributed by atoms with Crippen LogP contribution in [0.4, 0.5) is 11.4 Å². The molecule has 0 aliphatic carbocycles. The topological polar surface area (TPSA) is 34.0 Å².